The van der Waals surface area contributed by atoms with Gasteiger partial charge in [-0.15, -0.1) is 0 Å². The first-order chi connectivity index (χ1) is 9.61. The van der Waals surface area contributed by atoms with E-state index in [9.17, 15) is 0 Å². The number of aryl methyl sites for hydroxylation is 1. The van der Waals surface area contributed by atoms with Crippen LogP contribution in [0.3, 0.4) is 0 Å². The summed E-state index contributed by atoms with van der Waals surface area (Å²) in [4.78, 5) is 2.20. The van der Waals surface area contributed by atoms with Crippen molar-refractivity contribution in [3.8, 4) is 0 Å². The summed E-state index contributed by atoms with van der Waals surface area (Å²) in [6, 6.07) is 14.6. The van der Waals surface area contributed by atoms with Crippen LogP contribution < -0.4 is 10.2 Å². The molecule has 0 aliphatic heterocycles. The van der Waals surface area contributed by atoms with Crippen molar-refractivity contribution in [1.29, 1.82) is 0 Å². The lowest BCUT2D eigenvalue weighted by atomic mass is 10.1. The molecule has 0 aliphatic carbocycles. The van der Waals surface area contributed by atoms with Crippen LogP contribution in [0.2, 0.25) is 5.02 Å². The van der Waals surface area contributed by atoms with Crippen LogP contribution in [0, 0.1) is 6.92 Å². The van der Waals surface area contributed by atoms with Crippen molar-refractivity contribution in [2.24, 2.45) is 0 Å². The summed E-state index contributed by atoms with van der Waals surface area (Å²) in [6.45, 7) is 5.97. The fraction of sp³-hybridized carbons (Fsp3) is 0.294. The number of hydrogen-bond donors (Lipinski definition) is 1. The largest absolute Gasteiger partial charge is 0.344 e. The topological polar surface area (TPSA) is 15.3 Å². The summed E-state index contributed by atoms with van der Waals surface area (Å²) in [7, 11) is 2.09. The monoisotopic (exact) mass is 288 g/mol. The highest BCUT2D eigenvalue weighted by molar-refractivity contribution is 6.30. The van der Waals surface area contributed by atoms with Crippen molar-refractivity contribution in [3.63, 3.8) is 0 Å². The number of benzene rings is 2. The quantitative estimate of drug-likeness (QED) is 0.870. The van der Waals surface area contributed by atoms with Crippen LogP contribution >= 0.6 is 11.6 Å². The zero-order valence-corrected chi connectivity index (χ0v) is 13.0. The van der Waals surface area contributed by atoms with Gasteiger partial charge in [0.25, 0.3) is 0 Å². The number of hydrogen-bond acceptors (Lipinski definition) is 2. The third-order valence-electron chi connectivity index (χ3n) is 3.39. The molecule has 3 heteroatoms. The summed E-state index contributed by atoms with van der Waals surface area (Å²) < 4.78 is 0. The summed E-state index contributed by atoms with van der Waals surface area (Å²) in [5.74, 6) is 0. The van der Waals surface area contributed by atoms with E-state index in [4.69, 9.17) is 11.6 Å². The maximum absolute atomic E-state index is 6.12. The van der Waals surface area contributed by atoms with Gasteiger partial charge in [0.2, 0.25) is 0 Å². The van der Waals surface area contributed by atoms with E-state index in [1.807, 2.05) is 12.1 Å². The second-order valence-corrected chi connectivity index (χ2v) is 5.38. The first kappa shape index (κ1) is 14.9. The molecule has 0 spiro atoms. The van der Waals surface area contributed by atoms with E-state index in [1.165, 1.54) is 22.5 Å². The Labute approximate surface area is 126 Å². The summed E-state index contributed by atoms with van der Waals surface area (Å²) in [5, 5.41) is 4.14. The van der Waals surface area contributed by atoms with Crippen molar-refractivity contribution in [2.75, 3.05) is 18.5 Å². The molecule has 0 aromatic heterocycles. The van der Waals surface area contributed by atoms with E-state index in [-0.39, 0.29) is 0 Å². The summed E-state index contributed by atoms with van der Waals surface area (Å²) in [5.41, 5.74) is 4.84. The van der Waals surface area contributed by atoms with Crippen molar-refractivity contribution in [3.05, 3.63) is 58.6 Å². The predicted octanol–water partition coefficient (Wildman–Crippen LogP) is 4.53. The molecule has 0 aliphatic rings. The molecule has 20 heavy (non-hydrogen) atoms. The van der Waals surface area contributed by atoms with Gasteiger partial charge >= 0.3 is 0 Å². The van der Waals surface area contributed by atoms with Gasteiger partial charge in [0.05, 0.1) is 0 Å². The Morgan fingerprint density at radius 1 is 1.10 bits per heavy atom. The van der Waals surface area contributed by atoms with Gasteiger partial charge < -0.3 is 10.2 Å². The van der Waals surface area contributed by atoms with Gasteiger partial charge in [0.1, 0.15) is 0 Å². The normalized spacial score (nSPS) is 10.6. The van der Waals surface area contributed by atoms with Crippen LogP contribution in [-0.2, 0) is 6.54 Å². The van der Waals surface area contributed by atoms with E-state index in [0.29, 0.717) is 0 Å². The summed E-state index contributed by atoms with van der Waals surface area (Å²) >= 11 is 6.12. The van der Waals surface area contributed by atoms with Crippen LogP contribution in [0.5, 0.6) is 0 Å². The van der Waals surface area contributed by atoms with E-state index in [0.717, 1.165) is 18.1 Å². The third kappa shape index (κ3) is 3.53. The van der Waals surface area contributed by atoms with E-state index in [1.54, 1.807) is 0 Å². The van der Waals surface area contributed by atoms with Crippen molar-refractivity contribution >= 4 is 23.0 Å². The van der Waals surface area contributed by atoms with E-state index < -0.39 is 0 Å². The van der Waals surface area contributed by atoms with Crippen LogP contribution in [0.4, 0.5) is 11.4 Å². The number of halogens is 1. The Kier molecular flexibility index (Phi) is 5.05. The number of nitrogens with zero attached hydrogens (tertiary/aromatic N) is 1. The highest BCUT2D eigenvalue weighted by Gasteiger charge is 2.09. The molecule has 0 unspecified atom stereocenters. The highest BCUT2D eigenvalue weighted by Crippen LogP contribution is 2.29. The van der Waals surface area contributed by atoms with Crippen molar-refractivity contribution in [2.45, 2.75) is 20.4 Å². The first-order valence-electron chi connectivity index (χ1n) is 6.91. The Bertz CT molecular complexity index is 564. The lowest BCUT2D eigenvalue weighted by molar-refractivity contribution is 0.726. The Morgan fingerprint density at radius 3 is 2.45 bits per heavy atom. The number of rotatable bonds is 5. The van der Waals surface area contributed by atoms with Crippen LogP contribution in [0.25, 0.3) is 0 Å². The van der Waals surface area contributed by atoms with Crippen LogP contribution in [-0.4, -0.2) is 13.6 Å². The minimum absolute atomic E-state index is 0.777. The lowest BCUT2D eigenvalue weighted by Gasteiger charge is -2.23. The Hall–Kier alpha value is -1.51. The molecule has 0 amide bonds. The van der Waals surface area contributed by atoms with Crippen LogP contribution in [0.15, 0.2) is 42.5 Å². The number of nitrogens with one attached hydrogen (secondary N) is 1. The molecule has 0 saturated carbocycles. The third-order valence-corrected chi connectivity index (χ3v) is 3.62. The fourth-order valence-corrected chi connectivity index (χ4v) is 2.38. The molecule has 2 aromatic carbocycles. The van der Waals surface area contributed by atoms with Gasteiger partial charge in [-0.3, -0.25) is 0 Å². The number of anilines is 2. The maximum Gasteiger partial charge on any atom is 0.0454 e. The minimum atomic E-state index is 0.777. The van der Waals surface area contributed by atoms with Gasteiger partial charge in [-0.25, -0.2) is 0 Å². The SMILES string of the molecule is CCNCc1cc(Cl)ccc1N(C)c1ccc(C)cc1. The average Bonchev–Trinajstić information content (AvgIpc) is 2.45. The van der Waals surface area contributed by atoms with Gasteiger partial charge in [0.15, 0.2) is 0 Å². The molecule has 1 N–H and O–H groups in total. The smallest absolute Gasteiger partial charge is 0.0454 e. The molecule has 0 radical (unpaired) electrons. The molecule has 106 valence electrons. The highest BCUT2D eigenvalue weighted by atomic mass is 35.5. The predicted molar refractivity (Wildman–Crippen MR) is 88.1 cm³/mol. The zero-order valence-electron chi connectivity index (χ0n) is 12.3. The molecule has 0 atom stereocenters. The van der Waals surface area contributed by atoms with Gasteiger partial charge in [-0.05, 0) is 49.4 Å². The standard InChI is InChI=1S/C17H21ClN2/c1-4-19-12-14-11-15(18)7-10-17(14)20(3)16-8-5-13(2)6-9-16/h5-11,19H,4,12H2,1-3H3. The van der Waals surface area contributed by atoms with E-state index >= 15 is 0 Å². The molecule has 2 rings (SSSR count). The Balaban J connectivity index is 2.32. The molecule has 0 heterocycles. The lowest BCUT2D eigenvalue weighted by Crippen LogP contribution is -2.17. The van der Waals surface area contributed by atoms with Crippen LogP contribution in [0.1, 0.15) is 18.1 Å². The minimum Gasteiger partial charge on any atom is -0.344 e. The molecule has 2 nitrogen and oxygen atoms in total. The second kappa shape index (κ2) is 6.78. The fourth-order valence-electron chi connectivity index (χ4n) is 2.19. The molecule has 2 aromatic rings. The molecule has 0 bridgehead atoms. The maximum atomic E-state index is 6.12. The van der Waals surface area contributed by atoms with Gasteiger partial charge in [0, 0.05) is 30.0 Å². The van der Waals surface area contributed by atoms with Gasteiger partial charge in [-0.1, -0.05) is 36.2 Å². The summed E-state index contributed by atoms with van der Waals surface area (Å²) in [6.07, 6.45) is 0. The van der Waals surface area contributed by atoms with E-state index in [2.05, 4.69) is 61.4 Å². The molecule has 0 saturated heterocycles. The zero-order chi connectivity index (χ0) is 14.5. The van der Waals surface area contributed by atoms with Crippen molar-refractivity contribution in [1.82, 2.24) is 5.32 Å². The first-order valence-corrected chi connectivity index (χ1v) is 7.29. The van der Waals surface area contributed by atoms with Gasteiger partial charge in [-0.2, -0.15) is 0 Å². The molecular formula is C17H21ClN2. The average molecular weight is 289 g/mol. The molecular weight excluding hydrogens is 268 g/mol. The second-order valence-electron chi connectivity index (χ2n) is 4.95. The Morgan fingerprint density at radius 2 is 1.80 bits per heavy atom. The molecule has 0 fully saturated rings. The van der Waals surface area contributed by atoms with Crippen molar-refractivity contribution < 1.29 is 0 Å².